The molecule has 0 aliphatic rings. The average molecular weight is 203 g/mol. The monoisotopic (exact) mass is 203 g/mol. The zero-order valence-electron chi connectivity index (χ0n) is 6.45. The molecule has 0 aromatic rings. The van der Waals surface area contributed by atoms with E-state index in [4.69, 9.17) is 0 Å². The van der Waals surface area contributed by atoms with Crippen molar-refractivity contribution in [1.82, 2.24) is 0 Å². The number of hydrogen-bond donors (Lipinski definition) is 1. The highest BCUT2D eigenvalue weighted by molar-refractivity contribution is 5.88. The second-order valence-electron chi connectivity index (χ2n) is 2.28. The van der Waals surface area contributed by atoms with Gasteiger partial charge in [0.05, 0.1) is 5.70 Å². The maximum Gasteiger partial charge on any atom is 0.459 e. The summed E-state index contributed by atoms with van der Waals surface area (Å²) < 4.78 is 59.1. The first-order valence-corrected chi connectivity index (χ1v) is 3.02. The Balaban J connectivity index is 4.95. The molecule has 0 aliphatic heterocycles. The van der Waals surface area contributed by atoms with Crippen LogP contribution in [0.25, 0.3) is 0 Å². The zero-order valence-corrected chi connectivity index (χ0v) is 6.45. The number of ketones is 1. The Morgan fingerprint density at radius 1 is 1.23 bits per heavy atom. The lowest BCUT2D eigenvalue weighted by Gasteiger charge is -2.19. The summed E-state index contributed by atoms with van der Waals surface area (Å²) in [6.07, 6.45) is -5.73. The van der Waals surface area contributed by atoms with Crippen molar-refractivity contribution in [1.29, 1.82) is 0 Å². The molecule has 0 bridgehead atoms. The Morgan fingerprint density at radius 3 is 1.85 bits per heavy atom. The van der Waals surface area contributed by atoms with Gasteiger partial charge in [-0.15, -0.1) is 0 Å². The Bertz CT molecular complexity index is 242. The summed E-state index contributed by atoms with van der Waals surface area (Å²) in [6, 6.07) is 0. The van der Waals surface area contributed by atoms with Crippen LogP contribution in [-0.4, -0.2) is 17.9 Å². The lowest BCUT2D eigenvalue weighted by Crippen LogP contribution is -2.41. The summed E-state index contributed by atoms with van der Waals surface area (Å²) >= 11 is 0. The fraction of sp³-hybridized carbons (Fsp3) is 0.500. The van der Waals surface area contributed by atoms with Crippen LogP contribution in [0.1, 0.15) is 6.92 Å². The van der Waals surface area contributed by atoms with Gasteiger partial charge in [-0.3, -0.25) is 4.79 Å². The van der Waals surface area contributed by atoms with Crippen LogP contribution in [-0.2, 0) is 4.79 Å². The lowest BCUT2D eigenvalue weighted by molar-refractivity contribution is -0.264. The SMILES string of the molecule is CC(=O)/C=C(/N)C(F)(F)C(F)(F)F. The van der Waals surface area contributed by atoms with E-state index in [1.165, 1.54) is 0 Å². The fourth-order valence-corrected chi connectivity index (χ4v) is 0.473. The first-order valence-electron chi connectivity index (χ1n) is 3.02. The predicted octanol–water partition coefficient (Wildman–Crippen LogP) is 1.62. The van der Waals surface area contributed by atoms with Crippen LogP contribution in [0.5, 0.6) is 0 Å². The van der Waals surface area contributed by atoms with E-state index in [1.54, 1.807) is 0 Å². The summed E-state index contributed by atoms with van der Waals surface area (Å²) in [4.78, 5) is 10.2. The fourth-order valence-electron chi connectivity index (χ4n) is 0.473. The van der Waals surface area contributed by atoms with Crippen molar-refractivity contribution in [2.24, 2.45) is 5.73 Å². The molecule has 13 heavy (non-hydrogen) atoms. The number of halogens is 5. The molecule has 0 fully saturated rings. The number of allylic oxidation sites excluding steroid dienone is 2. The highest BCUT2D eigenvalue weighted by Crippen LogP contribution is 2.38. The van der Waals surface area contributed by atoms with Crippen LogP contribution < -0.4 is 5.73 Å². The van der Waals surface area contributed by atoms with Gasteiger partial charge in [-0.1, -0.05) is 0 Å². The number of alkyl halides is 5. The van der Waals surface area contributed by atoms with E-state index >= 15 is 0 Å². The molecule has 0 radical (unpaired) electrons. The van der Waals surface area contributed by atoms with E-state index in [0.29, 0.717) is 0 Å². The number of nitrogens with two attached hydrogens (primary N) is 1. The predicted molar refractivity (Wildman–Crippen MR) is 34.0 cm³/mol. The summed E-state index contributed by atoms with van der Waals surface area (Å²) in [5.41, 5.74) is 2.61. The highest BCUT2D eigenvalue weighted by Gasteiger charge is 2.59. The van der Waals surface area contributed by atoms with Gasteiger partial charge in [-0.2, -0.15) is 22.0 Å². The van der Waals surface area contributed by atoms with E-state index in [1.807, 2.05) is 0 Å². The Morgan fingerprint density at radius 2 is 1.62 bits per heavy atom. The number of carbonyl (C=O) groups excluding carboxylic acids is 1. The topological polar surface area (TPSA) is 43.1 Å². The van der Waals surface area contributed by atoms with Gasteiger partial charge in [0.25, 0.3) is 0 Å². The Labute approximate surface area is 70.2 Å². The van der Waals surface area contributed by atoms with Gasteiger partial charge in [0, 0.05) is 6.08 Å². The van der Waals surface area contributed by atoms with Gasteiger partial charge in [-0.25, -0.2) is 0 Å². The molecule has 7 heteroatoms. The van der Waals surface area contributed by atoms with Gasteiger partial charge in [0.15, 0.2) is 5.78 Å². The second kappa shape index (κ2) is 3.31. The summed E-state index contributed by atoms with van der Waals surface area (Å²) in [7, 11) is 0. The van der Waals surface area contributed by atoms with Crippen LogP contribution >= 0.6 is 0 Å². The maximum absolute atomic E-state index is 12.2. The largest absolute Gasteiger partial charge is 0.459 e. The van der Waals surface area contributed by atoms with Crippen LogP contribution in [0.4, 0.5) is 22.0 Å². The van der Waals surface area contributed by atoms with Gasteiger partial charge < -0.3 is 5.73 Å². The zero-order chi connectivity index (χ0) is 10.9. The lowest BCUT2D eigenvalue weighted by atomic mass is 10.2. The summed E-state index contributed by atoms with van der Waals surface area (Å²) in [6.45, 7) is 0.819. The molecular weight excluding hydrogens is 197 g/mol. The number of carbonyl (C=O) groups is 1. The minimum Gasteiger partial charge on any atom is -0.397 e. The molecule has 0 aliphatic carbocycles. The third-order valence-electron chi connectivity index (χ3n) is 1.08. The molecule has 0 saturated heterocycles. The maximum atomic E-state index is 12.2. The van der Waals surface area contributed by atoms with Crippen molar-refractivity contribution < 1.29 is 26.7 Å². The molecule has 76 valence electrons. The molecule has 0 spiro atoms. The molecule has 2 N–H and O–H groups in total. The minimum absolute atomic E-state index is 0.0491. The average Bonchev–Trinajstić information content (AvgIpc) is 1.82. The van der Waals surface area contributed by atoms with Crippen molar-refractivity contribution >= 4 is 5.78 Å². The van der Waals surface area contributed by atoms with E-state index in [-0.39, 0.29) is 6.08 Å². The second-order valence-corrected chi connectivity index (χ2v) is 2.28. The summed E-state index contributed by atoms with van der Waals surface area (Å²) in [5.74, 6) is -6.12. The van der Waals surface area contributed by atoms with Crippen LogP contribution in [0.3, 0.4) is 0 Å². The van der Waals surface area contributed by atoms with Crippen molar-refractivity contribution in [2.75, 3.05) is 0 Å². The van der Waals surface area contributed by atoms with E-state index < -0.39 is 23.6 Å². The third kappa shape index (κ3) is 2.67. The molecule has 0 heterocycles. The molecular formula is C6H6F5NO. The van der Waals surface area contributed by atoms with Gasteiger partial charge in [-0.05, 0) is 6.92 Å². The van der Waals surface area contributed by atoms with Crippen molar-refractivity contribution in [2.45, 2.75) is 19.0 Å². The molecule has 0 atom stereocenters. The smallest absolute Gasteiger partial charge is 0.397 e. The van der Waals surface area contributed by atoms with Crippen molar-refractivity contribution in [3.05, 3.63) is 11.8 Å². The first-order chi connectivity index (χ1) is 5.59. The molecule has 0 rings (SSSR count). The molecule has 0 amide bonds. The molecule has 0 aromatic carbocycles. The summed E-state index contributed by atoms with van der Waals surface area (Å²) in [5, 5.41) is 0. The van der Waals surface area contributed by atoms with Crippen LogP contribution in [0.15, 0.2) is 11.8 Å². The quantitative estimate of drug-likeness (QED) is 0.547. The van der Waals surface area contributed by atoms with Crippen molar-refractivity contribution in [3.8, 4) is 0 Å². The van der Waals surface area contributed by atoms with Gasteiger partial charge in [0.2, 0.25) is 0 Å². The number of hydrogen-bond acceptors (Lipinski definition) is 2. The standard InChI is InChI=1S/C6H6F5NO/c1-3(13)2-4(12)5(7,8)6(9,10)11/h2H,12H2,1H3/b4-2+. The van der Waals surface area contributed by atoms with Crippen molar-refractivity contribution in [3.63, 3.8) is 0 Å². The molecule has 0 aromatic heterocycles. The van der Waals surface area contributed by atoms with Crippen LogP contribution in [0, 0.1) is 0 Å². The minimum atomic E-state index is -5.77. The van der Waals surface area contributed by atoms with Gasteiger partial charge >= 0.3 is 12.1 Å². The Kier molecular flexibility index (Phi) is 3.02. The highest BCUT2D eigenvalue weighted by atomic mass is 19.4. The van der Waals surface area contributed by atoms with E-state index in [0.717, 1.165) is 6.92 Å². The van der Waals surface area contributed by atoms with E-state index in [2.05, 4.69) is 5.73 Å². The van der Waals surface area contributed by atoms with Crippen LogP contribution in [0.2, 0.25) is 0 Å². The number of rotatable bonds is 2. The molecule has 2 nitrogen and oxygen atoms in total. The molecule has 0 saturated carbocycles. The Hall–Kier alpha value is -1.14. The van der Waals surface area contributed by atoms with E-state index in [9.17, 15) is 26.7 Å². The normalized spacial score (nSPS) is 14.5. The molecule has 0 unspecified atom stereocenters. The first kappa shape index (κ1) is 11.9. The third-order valence-corrected chi connectivity index (χ3v) is 1.08. The van der Waals surface area contributed by atoms with Gasteiger partial charge in [0.1, 0.15) is 0 Å².